The van der Waals surface area contributed by atoms with Crippen LogP contribution in [0.2, 0.25) is 5.15 Å². The average molecular weight is 339 g/mol. The smallest absolute Gasteiger partial charge is 0.168 e. The number of ketones is 1. The molecule has 0 saturated heterocycles. The molecule has 24 heavy (non-hydrogen) atoms. The number of nitrogens with zero attached hydrogens (tertiary/aromatic N) is 3. The number of halogens is 1. The number of aryl methyl sites for hydroxylation is 1. The van der Waals surface area contributed by atoms with Gasteiger partial charge in [-0.2, -0.15) is 0 Å². The highest BCUT2D eigenvalue weighted by molar-refractivity contribution is 6.29. The van der Waals surface area contributed by atoms with Gasteiger partial charge in [-0.05, 0) is 42.3 Å². The summed E-state index contributed by atoms with van der Waals surface area (Å²) in [5, 5.41) is 3.57. The van der Waals surface area contributed by atoms with Crippen LogP contribution in [0.5, 0.6) is 0 Å². The van der Waals surface area contributed by atoms with Crippen molar-refractivity contribution in [2.75, 3.05) is 5.32 Å². The molecule has 0 atom stereocenters. The van der Waals surface area contributed by atoms with Crippen molar-refractivity contribution in [3.05, 3.63) is 77.0 Å². The number of carbonyl (C=O) groups excluding carboxylic acids is 1. The van der Waals surface area contributed by atoms with E-state index in [1.54, 1.807) is 30.7 Å². The van der Waals surface area contributed by atoms with Gasteiger partial charge in [-0.1, -0.05) is 17.7 Å². The highest BCUT2D eigenvalue weighted by Crippen LogP contribution is 2.20. The molecule has 3 aromatic heterocycles. The lowest BCUT2D eigenvalue weighted by molar-refractivity contribution is 0.0993. The molecule has 120 valence electrons. The number of nitrogens with one attached hydrogen (secondary N) is 1. The molecule has 0 bridgehead atoms. The van der Waals surface area contributed by atoms with E-state index in [9.17, 15) is 4.79 Å². The minimum atomic E-state index is -0.0368. The van der Waals surface area contributed by atoms with Crippen LogP contribution in [0, 0.1) is 6.92 Å². The zero-order chi connectivity index (χ0) is 16.9. The van der Waals surface area contributed by atoms with Gasteiger partial charge >= 0.3 is 0 Å². The Kier molecular flexibility index (Phi) is 4.82. The maximum Gasteiger partial charge on any atom is 0.168 e. The van der Waals surface area contributed by atoms with E-state index in [-0.39, 0.29) is 12.2 Å². The highest BCUT2D eigenvalue weighted by Gasteiger charge is 2.11. The van der Waals surface area contributed by atoms with Gasteiger partial charge in [0.2, 0.25) is 0 Å². The first kappa shape index (κ1) is 16.1. The Balaban J connectivity index is 1.79. The highest BCUT2D eigenvalue weighted by atomic mass is 35.5. The summed E-state index contributed by atoms with van der Waals surface area (Å²) < 4.78 is 0. The molecule has 0 aliphatic heterocycles. The molecular formula is C18H15ClN4O. The third-order valence-electron chi connectivity index (χ3n) is 3.49. The summed E-state index contributed by atoms with van der Waals surface area (Å²) in [6, 6.07) is 8.95. The fourth-order valence-corrected chi connectivity index (χ4v) is 2.30. The molecule has 0 amide bonds. The van der Waals surface area contributed by atoms with Crippen molar-refractivity contribution in [3.63, 3.8) is 0 Å². The topological polar surface area (TPSA) is 67.8 Å². The predicted octanol–water partition coefficient (Wildman–Crippen LogP) is 4.00. The average Bonchev–Trinajstić information content (AvgIpc) is 2.59. The molecule has 0 fully saturated rings. The zero-order valence-electron chi connectivity index (χ0n) is 13.0. The van der Waals surface area contributed by atoms with E-state index in [0.717, 1.165) is 16.8 Å². The lowest BCUT2D eigenvalue weighted by atomic mass is 10.0. The van der Waals surface area contributed by atoms with Crippen molar-refractivity contribution >= 4 is 28.9 Å². The van der Waals surface area contributed by atoms with Crippen molar-refractivity contribution < 1.29 is 4.79 Å². The van der Waals surface area contributed by atoms with E-state index >= 15 is 0 Å². The second kappa shape index (κ2) is 7.19. The fourth-order valence-electron chi connectivity index (χ4n) is 2.19. The van der Waals surface area contributed by atoms with Crippen molar-refractivity contribution in [3.8, 4) is 0 Å². The number of Topliss-reactive ketones (excluding diaryl/α,β-unsaturated/α-hetero) is 1. The normalized spacial score (nSPS) is 10.4. The molecule has 3 aromatic rings. The van der Waals surface area contributed by atoms with E-state index in [1.165, 1.54) is 6.20 Å². The van der Waals surface area contributed by atoms with Gasteiger partial charge in [0.1, 0.15) is 11.0 Å². The number of aromatic nitrogens is 3. The Hall–Kier alpha value is -2.79. The number of hydrogen-bond donors (Lipinski definition) is 1. The maximum absolute atomic E-state index is 12.4. The van der Waals surface area contributed by atoms with Crippen molar-refractivity contribution in [2.24, 2.45) is 0 Å². The standard InChI is InChI=1S/C18H15ClN4O/c1-12-2-5-18(22-9-12)23-15-11-20-7-6-13(15)8-16(24)14-3-4-17(19)21-10-14/h2-7,9-11H,8H2,1H3,(H,22,23). The molecule has 3 heterocycles. The van der Waals surface area contributed by atoms with E-state index in [0.29, 0.717) is 16.5 Å². The van der Waals surface area contributed by atoms with Crippen molar-refractivity contribution in [1.29, 1.82) is 0 Å². The maximum atomic E-state index is 12.4. The van der Waals surface area contributed by atoms with Crippen molar-refractivity contribution in [1.82, 2.24) is 15.0 Å². The molecular weight excluding hydrogens is 324 g/mol. The first-order valence-corrected chi connectivity index (χ1v) is 7.77. The molecule has 0 aromatic carbocycles. The Bertz CT molecular complexity index is 848. The molecule has 1 N–H and O–H groups in total. The Labute approximate surface area is 144 Å². The molecule has 6 heteroatoms. The summed E-state index contributed by atoms with van der Waals surface area (Å²) in [4.78, 5) is 24.8. The monoisotopic (exact) mass is 338 g/mol. The molecule has 3 rings (SSSR count). The van der Waals surface area contributed by atoms with Crippen LogP contribution >= 0.6 is 11.6 Å². The number of carbonyl (C=O) groups is 1. The molecule has 0 spiro atoms. The van der Waals surface area contributed by atoms with Crippen LogP contribution in [0.25, 0.3) is 0 Å². The number of pyridine rings is 3. The Morgan fingerprint density at radius 1 is 1.08 bits per heavy atom. The Morgan fingerprint density at radius 3 is 2.67 bits per heavy atom. The second-order valence-corrected chi connectivity index (χ2v) is 5.74. The lowest BCUT2D eigenvalue weighted by Crippen LogP contribution is -2.07. The van der Waals surface area contributed by atoms with Gasteiger partial charge in [-0.25, -0.2) is 9.97 Å². The van der Waals surface area contributed by atoms with Gasteiger partial charge < -0.3 is 5.32 Å². The van der Waals surface area contributed by atoms with Crippen LogP contribution in [0.3, 0.4) is 0 Å². The van der Waals surface area contributed by atoms with Gasteiger partial charge in [0.25, 0.3) is 0 Å². The molecule has 0 aliphatic rings. The number of anilines is 2. The van der Waals surface area contributed by atoms with Crippen LogP contribution in [0.4, 0.5) is 11.5 Å². The molecule has 0 unspecified atom stereocenters. The summed E-state index contributed by atoms with van der Waals surface area (Å²) in [5.41, 5.74) is 3.20. The van der Waals surface area contributed by atoms with Crippen LogP contribution in [0.15, 0.2) is 55.1 Å². The van der Waals surface area contributed by atoms with E-state index in [2.05, 4.69) is 20.3 Å². The summed E-state index contributed by atoms with van der Waals surface area (Å²) in [7, 11) is 0. The summed E-state index contributed by atoms with van der Waals surface area (Å²) >= 11 is 5.76. The minimum Gasteiger partial charge on any atom is -0.339 e. The second-order valence-electron chi connectivity index (χ2n) is 5.35. The van der Waals surface area contributed by atoms with Gasteiger partial charge in [0, 0.05) is 30.6 Å². The lowest BCUT2D eigenvalue weighted by Gasteiger charge is -2.10. The molecule has 5 nitrogen and oxygen atoms in total. The molecule has 0 aliphatic carbocycles. The molecule has 0 saturated carbocycles. The van der Waals surface area contributed by atoms with Gasteiger partial charge in [0.05, 0.1) is 11.9 Å². The zero-order valence-corrected chi connectivity index (χ0v) is 13.8. The minimum absolute atomic E-state index is 0.0368. The van der Waals surface area contributed by atoms with Gasteiger partial charge in [-0.15, -0.1) is 0 Å². The predicted molar refractivity (Wildman–Crippen MR) is 93.8 cm³/mol. The third-order valence-corrected chi connectivity index (χ3v) is 3.71. The van der Waals surface area contributed by atoms with Crippen molar-refractivity contribution in [2.45, 2.75) is 13.3 Å². The van der Waals surface area contributed by atoms with E-state index < -0.39 is 0 Å². The summed E-state index contributed by atoms with van der Waals surface area (Å²) in [5.74, 6) is 0.667. The van der Waals surface area contributed by atoms with Crippen LogP contribution in [-0.2, 0) is 6.42 Å². The fraction of sp³-hybridized carbons (Fsp3) is 0.111. The first-order valence-electron chi connectivity index (χ1n) is 7.39. The summed E-state index contributed by atoms with van der Waals surface area (Å²) in [6.45, 7) is 1.98. The third kappa shape index (κ3) is 3.94. The van der Waals surface area contributed by atoms with Gasteiger partial charge in [-0.3, -0.25) is 9.78 Å². The van der Waals surface area contributed by atoms with E-state index in [1.807, 2.05) is 25.1 Å². The number of hydrogen-bond acceptors (Lipinski definition) is 5. The quantitative estimate of drug-likeness (QED) is 0.562. The van der Waals surface area contributed by atoms with Crippen LogP contribution in [0.1, 0.15) is 21.5 Å². The first-order chi connectivity index (χ1) is 11.6. The van der Waals surface area contributed by atoms with Crippen LogP contribution in [-0.4, -0.2) is 20.7 Å². The summed E-state index contributed by atoms with van der Waals surface area (Å²) in [6.07, 6.45) is 6.85. The van der Waals surface area contributed by atoms with E-state index in [4.69, 9.17) is 11.6 Å². The number of rotatable bonds is 5. The van der Waals surface area contributed by atoms with Gasteiger partial charge in [0.15, 0.2) is 5.78 Å². The molecule has 0 radical (unpaired) electrons. The Morgan fingerprint density at radius 2 is 1.96 bits per heavy atom. The van der Waals surface area contributed by atoms with Crippen LogP contribution < -0.4 is 5.32 Å². The largest absolute Gasteiger partial charge is 0.339 e. The SMILES string of the molecule is Cc1ccc(Nc2cnccc2CC(=O)c2ccc(Cl)nc2)nc1.